The van der Waals surface area contributed by atoms with Crippen molar-refractivity contribution in [1.29, 1.82) is 0 Å². The standard InChI is InChI=1S/C21H25N5O3/c1-14-4-5-18-19(26(14)15(2)28)7-6-17(16(12-22)13-23-10-11-27)20(18)29-21-24-8-3-9-25-21/h3,6-9,12-14,27H,4-5,10-11,22H2,1-2H3. The Morgan fingerprint density at radius 3 is 2.83 bits per heavy atom. The highest BCUT2D eigenvalue weighted by Crippen LogP contribution is 2.42. The Bertz CT molecular complexity index is 927. The molecule has 0 radical (unpaired) electrons. The molecule has 0 aliphatic carbocycles. The molecule has 1 aliphatic rings. The van der Waals surface area contributed by atoms with Crippen LogP contribution in [0.3, 0.4) is 0 Å². The summed E-state index contributed by atoms with van der Waals surface area (Å²) in [6, 6.07) is 5.78. The van der Waals surface area contributed by atoms with Gasteiger partial charge in [0.15, 0.2) is 0 Å². The number of allylic oxidation sites excluding steroid dienone is 1. The fourth-order valence-corrected chi connectivity index (χ4v) is 3.48. The third-order valence-corrected chi connectivity index (χ3v) is 4.77. The van der Waals surface area contributed by atoms with Crippen molar-refractivity contribution in [2.24, 2.45) is 10.7 Å². The zero-order chi connectivity index (χ0) is 20.8. The first-order chi connectivity index (χ1) is 14.1. The molecule has 1 aromatic carbocycles. The second kappa shape index (κ2) is 9.29. The van der Waals surface area contributed by atoms with Crippen molar-refractivity contribution in [3.05, 3.63) is 47.9 Å². The first kappa shape index (κ1) is 20.5. The van der Waals surface area contributed by atoms with Gasteiger partial charge in [0.1, 0.15) is 5.75 Å². The molecule has 3 rings (SSSR count). The van der Waals surface area contributed by atoms with Crippen molar-refractivity contribution in [3.8, 4) is 11.8 Å². The summed E-state index contributed by atoms with van der Waals surface area (Å²) < 4.78 is 6.09. The molecule has 152 valence electrons. The number of hydrogen-bond donors (Lipinski definition) is 2. The van der Waals surface area contributed by atoms with Crippen LogP contribution < -0.4 is 15.4 Å². The topological polar surface area (TPSA) is 114 Å². The lowest BCUT2D eigenvalue weighted by molar-refractivity contribution is -0.117. The molecule has 0 fully saturated rings. The van der Waals surface area contributed by atoms with E-state index in [0.29, 0.717) is 11.3 Å². The van der Waals surface area contributed by atoms with Crippen LogP contribution in [-0.2, 0) is 11.2 Å². The fraction of sp³-hybridized carbons (Fsp3) is 0.333. The number of nitrogens with two attached hydrogens (primary N) is 1. The molecule has 1 aromatic heterocycles. The van der Waals surface area contributed by atoms with E-state index in [1.807, 2.05) is 19.1 Å². The van der Waals surface area contributed by atoms with E-state index in [-0.39, 0.29) is 31.1 Å². The zero-order valence-electron chi connectivity index (χ0n) is 16.6. The van der Waals surface area contributed by atoms with Gasteiger partial charge >= 0.3 is 6.01 Å². The third-order valence-electron chi connectivity index (χ3n) is 4.77. The van der Waals surface area contributed by atoms with Gasteiger partial charge < -0.3 is 20.5 Å². The van der Waals surface area contributed by atoms with Crippen LogP contribution in [0.25, 0.3) is 5.57 Å². The van der Waals surface area contributed by atoms with Crippen molar-refractivity contribution in [3.63, 3.8) is 0 Å². The highest BCUT2D eigenvalue weighted by atomic mass is 16.5. The molecule has 1 amide bonds. The molecule has 8 heteroatoms. The number of aliphatic hydroxyl groups is 1. The van der Waals surface area contributed by atoms with Crippen LogP contribution in [0, 0.1) is 0 Å². The minimum atomic E-state index is -0.0504. The Labute approximate surface area is 169 Å². The summed E-state index contributed by atoms with van der Waals surface area (Å²) in [5, 5.41) is 8.99. The first-order valence-corrected chi connectivity index (χ1v) is 9.50. The minimum absolute atomic E-state index is 0.0211. The second-order valence-electron chi connectivity index (χ2n) is 6.73. The van der Waals surface area contributed by atoms with Gasteiger partial charge in [-0.3, -0.25) is 9.79 Å². The summed E-state index contributed by atoms with van der Waals surface area (Å²) in [5.41, 5.74) is 8.93. The first-order valence-electron chi connectivity index (χ1n) is 9.50. The Balaban J connectivity index is 2.15. The van der Waals surface area contributed by atoms with Gasteiger partial charge in [-0.25, -0.2) is 9.97 Å². The van der Waals surface area contributed by atoms with E-state index >= 15 is 0 Å². The molecule has 29 heavy (non-hydrogen) atoms. The lowest BCUT2D eigenvalue weighted by atomic mass is 9.92. The van der Waals surface area contributed by atoms with Crippen LogP contribution in [-0.4, -0.2) is 46.4 Å². The molecule has 0 bridgehead atoms. The molecule has 0 saturated heterocycles. The van der Waals surface area contributed by atoms with Crippen LogP contribution in [0.15, 0.2) is 41.8 Å². The van der Waals surface area contributed by atoms with Gasteiger partial charge in [-0.2, -0.15) is 0 Å². The number of benzene rings is 1. The van der Waals surface area contributed by atoms with Crippen molar-refractivity contribution >= 4 is 23.4 Å². The number of carbonyl (C=O) groups excluding carboxylic acids is 1. The van der Waals surface area contributed by atoms with Crippen molar-refractivity contribution < 1.29 is 14.6 Å². The van der Waals surface area contributed by atoms with Crippen molar-refractivity contribution in [1.82, 2.24) is 9.97 Å². The summed E-state index contributed by atoms with van der Waals surface area (Å²) in [4.78, 5) is 26.6. The molecule has 2 aromatic rings. The maximum Gasteiger partial charge on any atom is 0.321 e. The van der Waals surface area contributed by atoms with E-state index in [2.05, 4.69) is 15.0 Å². The molecule has 0 spiro atoms. The predicted octanol–water partition coefficient (Wildman–Crippen LogP) is 2.32. The molecule has 3 N–H and O–H groups in total. The smallest absolute Gasteiger partial charge is 0.321 e. The number of ether oxygens (including phenoxy) is 1. The Morgan fingerprint density at radius 1 is 1.41 bits per heavy atom. The van der Waals surface area contributed by atoms with E-state index < -0.39 is 0 Å². The van der Waals surface area contributed by atoms with Crippen LogP contribution in [0.2, 0.25) is 0 Å². The van der Waals surface area contributed by atoms with E-state index in [4.69, 9.17) is 15.6 Å². The van der Waals surface area contributed by atoms with Gasteiger partial charge in [0.05, 0.1) is 18.8 Å². The molecular formula is C21H25N5O3. The van der Waals surface area contributed by atoms with E-state index in [0.717, 1.165) is 29.7 Å². The predicted molar refractivity (Wildman–Crippen MR) is 112 cm³/mol. The zero-order valence-corrected chi connectivity index (χ0v) is 16.6. The van der Waals surface area contributed by atoms with E-state index in [9.17, 15) is 4.79 Å². The summed E-state index contributed by atoms with van der Waals surface area (Å²) in [6.07, 6.45) is 7.79. The SMILES string of the molecule is CC(=O)N1c2ccc(C(C=NCCO)=CN)c(Oc3ncccn3)c2CCC1C. The largest absolute Gasteiger partial charge is 0.423 e. The number of aromatic nitrogens is 2. The van der Waals surface area contributed by atoms with E-state index in [1.165, 1.54) is 6.20 Å². The Morgan fingerprint density at radius 2 is 2.17 bits per heavy atom. The lowest BCUT2D eigenvalue weighted by Gasteiger charge is -2.35. The summed E-state index contributed by atoms with van der Waals surface area (Å²) in [5.74, 6) is 0.534. The van der Waals surface area contributed by atoms with Crippen LogP contribution in [0.5, 0.6) is 11.8 Å². The number of aliphatic hydroxyl groups excluding tert-OH is 1. The van der Waals surface area contributed by atoms with Crippen LogP contribution >= 0.6 is 0 Å². The summed E-state index contributed by atoms with van der Waals surface area (Å²) in [6.45, 7) is 3.82. The molecule has 1 atom stereocenters. The Kier molecular flexibility index (Phi) is 6.56. The highest BCUT2D eigenvalue weighted by molar-refractivity contribution is 6.11. The van der Waals surface area contributed by atoms with Gasteiger partial charge in [-0.1, -0.05) is 0 Å². The number of hydrogen-bond acceptors (Lipinski definition) is 7. The van der Waals surface area contributed by atoms with Gasteiger partial charge in [-0.05, 0) is 38.0 Å². The second-order valence-corrected chi connectivity index (χ2v) is 6.73. The van der Waals surface area contributed by atoms with Gasteiger partial charge in [0, 0.05) is 54.5 Å². The normalized spacial score (nSPS) is 16.7. The number of fused-ring (bicyclic) bond motifs is 1. The number of anilines is 1. The van der Waals surface area contributed by atoms with Crippen molar-refractivity contribution in [2.75, 3.05) is 18.1 Å². The van der Waals surface area contributed by atoms with Gasteiger partial charge in [-0.15, -0.1) is 0 Å². The highest BCUT2D eigenvalue weighted by Gasteiger charge is 2.30. The van der Waals surface area contributed by atoms with Gasteiger partial charge in [0.2, 0.25) is 5.91 Å². The minimum Gasteiger partial charge on any atom is -0.423 e. The number of aliphatic imine (C=N–C) groups is 1. The van der Waals surface area contributed by atoms with Gasteiger partial charge in [0.25, 0.3) is 0 Å². The van der Waals surface area contributed by atoms with E-state index in [1.54, 1.807) is 36.5 Å². The number of carbonyl (C=O) groups is 1. The van der Waals surface area contributed by atoms with Crippen LogP contribution in [0.1, 0.15) is 31.4 Å². The molecular weight excluding hydrogens is 370 g/mol. The average Bonchev–Trinajstić information content (AvgIpc) is 2.72. The number of amides is 1. The monoisotopic (exact) mass is 395 g/mol. The lowest BCUT2D eigenvalue weighted by Crippen LogP contribution is -2.40. The molecule has 1 aliphatic heterocycles. The van der Waals surface area contributed by atoms with Crippen molar-refractivity contribution in [2.45, 2.75) is 32.7 Å². The summed E-state index contributed by atoms with van der Waals surface area (Å²) >= 11 is 0. The summed E-state index contributed by atoms with van der Waals surface area (Å²) in [7, 11) is 0. The molecule has 1 unspecified atom stereocenters. The molecule has 8 nitrogen and oxygen atoms in total. The van der Waals surface area contributed by atoms with Crippen LogP contribution in [0.4, 0.5) is 5.69 Å². The number of rotatable bonds is 6. The fourth-order valence-electron chi connectivity index (χ4n) is 3.48. The maximum atomic E-state index is 12.3. The number of nitrogens with zero attached hydrogens (tertiary/aromatic N) is 4. The molecule has 0 saturated carbocycles. The Hall–Kier alpha value is -3.26. The quantitative estimate of drug-likeness (QED) is 0.726. The molecule has 2 heterocycles. The maximum absolute atomic E-state index is 12.3. The third kappa shape index (κ3) is 4.43. The average molecular weight is 395 g/mol.